The van der Waals surface area contributed by atoms with Crippen LogP contribution in [-0.2, 0) is 17.8 Å². The normalized spacial score (nSPS) is 20.1. The van der Waals surface area contributed by atoms with E-state index in [0.29, 0.717) is 0 Å². The molecule has 0 aliphatic carbocycles. The fraction of sp³-hybridized carbons (Fsp3) is 0.500. The highest BCUT2D eigenvalue weighted by atomic mass is 16.5. The average molecular weight is 273 g/mol. The molecule has 0 amide bonds. The molecule has 0 N–H and O–H groups in total. The van der Waals surface area contributed by atoms with E-state index in [0.717, 1.165) is 44.2 Å². The third-order valence-electron chi connectivity index (χ3n) is 3.57. The minimum absolute atomic E-state index is 0.0930. The number of aromatic nitrogens is 4. The molecule has 1 aliphatic heterocycles. The molecule has 3 rings (SSSR count). The number of ether oxygens (including phenoxy) is 1. The van der Waals surface area contributed by atoms with Crippen LogP contribution in [0.5, 0.6) is 0 Å². The molecule has 106 valence electrons. The molecule has 0 aromatic carbocycles. The number of rotatable bonds is 4. The summed E-state index contributed by atoms with van der Waals surface area (Å²) in [7, 11) is 0. The van der Waals surface area contributed by atoms with Gasteiger partial charge in [-0.2, -0.15) is 5.10 Å². The summed E-state index contributed by atoms with van der Waals surface area (Å²) in [5.74, 6) is 1.01. The second-order valence-electron chi connectivity index (χ2n) is 4.87. The van der Waals surface area contributed by atoms with Crippen molar-refractivity contribution in [1.82, 2.24) is 24.6 Å². The van der Waals surface area contributed by atoms with Crippen LogP contribution in [0, 0.1) is 0 Å². The van der Waals surface area contributed by atoms with Crippen molar-refractivity contribution >= 4 is 0 Å². The largest absolute Gasteiger partial charge is 0.371 e. The highest BCUT2D eigenvalue weighted by Gasteiger charge is 2.23. The van der Waals surface area contributed by atoms with E-state index in [1.807, 2.05) is 16.9 Å². The topological polar surface area (TPSA) is 56.1 Å². The van der Waals surface area contributed by atoms with Gasteiger partial charge < -0.3 is 4.74 Å². The fourth-order valence-corrected chi connectivity index (χ4v) is 2.49. The Labute approximate surface area is 118 Å². The number of pyridine rings is 1. The summed E-state index contributed by atoms with van der Waals surface area (Å²) >= 11 is 0. The van der Waals surface area contributed by atoms with E-state index in [2.05, 4.69) is 33.0 Å². The summed E-state index contributed by atoms with van der Waals surface area (Å²) in [5, 5.41) is 4.22. The summed E-state index contributed by atoms with van der Waals surface area (Å²) in [6, 6.07) is 4.01. The molecule has 0 saturated carbocycles. The summed E-state index contributed by atoms with van der Waals surface area (Å²) in [4.78, 5) is 10.9. The Kier molecular flexibility index (Phi) is 4.03. The van der Waals surface area contributed by atoms with Crippen LogP contribution in [0.15, 0.2) is 30.9 Å². The number of aryl methyl sites for hydroxylation is 1. The maximum atomic E-state index is 5.85. The van der Waals surface area contributed by atoms with Gasteiger partial charge in [0.15, 0.2) is 0 Å². The molecule has 0 spiro atoms. The lowest BCUT2D eigenvalue weighted by Gasteiger charge is -2.32. The van der Waals surface area contributed by atoms with Crippen molar-refractivity contribution in [3.8, 4) is 0 Å². The zero-order valence-electron chi connectivity index (χ0n) is 11.6. The third kappa shape index (κ3) is 2.86. The zero-order valence-corrected chi connectivity index (χ0v) is 11.6. The SMILES string of the molecule is CCn1ncnc1CN1CCO[C@H](c2cccnc2)C1. The molecule has 6 heteroatoms. The molecular formula is C14H19N5O. The second kappa shape index (κ2) is 6.11. The lowest BCUT2D eigenvalue weighted by atomic mass is 10.1. The van der Waals surface area contributed by atoms with Crippen LogP contribution in [0.2, 0.25) is 0 Å². The smallest absolute Gasteiger partial charge is 0.140 e. The Morgan fingerprint density at radius 3 is 3.20 bits per heavy atom. The number of morpholine rings is 1. The summed E-state index contributed by atoms with van der Waals surface area (Å²) in [6.45, 7) is 6.27. The third-order valence-corrected chi connectivity index (χ3v) is 3.57. The first-order valence-corrected chi connectivity index (χ1v) is 6.97. The van der Waals surface area contributed by atoms with Crippen molar-refractivity contribution in [2.24, 2.45) is 0 Å². The van der Waals surface area contributed by atoms with Crippen molar-refractivity contribution in [3.05, 3.63) is 42.2 Å². The van der Waals surface area contributed by atoms with Crippen LogP contribution in [0.25, 0.3) is 0 Å². The van der Waals surface area contributed by atoms with Crippen LogP contribution < -0.4 is 0 Å². The quantitative estimate of drug-likeness (QED) is 0.839. The lowest BCUT2D eigenvalue weighted by molar-refractivity contribution is -0.0341. The van der Waals surface area contributed by atoms with Gasteiger partial charge in [0, 0.05) is 37.6 Å². The minimum atomic E-state index is 0.0930. The van der Waals surface area contributed by atoms with Gasteiger partial charge in [-0.3, -0.25) is 9.88 Å². The Morgan fingerprint density at radius 1 is 1.45 bits per heavy atom. The van der Waals surface area contributed by atoms with Gasteiger partial charge in [0.1, 0.15) is 12.2 Å². The highest BCUT2D eigenvalue weighted by Crippen LogP contribution is 2.22. The molecular weight excluding hydrogens is 254 g/mol. The Balaban J connectivity index is 1.67. The number of hydrogen-bond acceptors (Lipinski definition) is 5. The maximum Gasteiger partial charge on any atom is 0.140 e. The highest BCUT2D eigenvalue weighted by molar-refractivity contribution is 5.13. The first-order chi connectivity index (χ1) is 9.86. The predicted molar refractivity (Wildman–Crippen MR) is 73.9 cm³/mol. The molecule has 2 aromatic rings. The Morgan fingerprint density at radius 2 is 2.40 bits per heavy atom. The predicted octanol–water partition coefficient (Wildman–Crippen LogP) is 1.27. The van der Waals surface area contributed by atoms with Crippen LogP contribution >= 0.6 is 0 Å². The minimum Gasteiger partial charge on any atom is -0.371 e. The van der Waals surface area contributed by atoms with Gasteiger partial charge in [0.25, 0.3) is 0 Å². The van der Waals surface area contributed by atoms with Gasteiger partial charge in [0.05, 0.1) is 19.3 Å². The van der Waals surface area contributed by atoms with Crippen molar-refractivity contribution < 1.29 is 4.74 Å². The van der Waals surface area contributed by atoms with E-state index in [9.17, 15) is 0 Å². The Bertz CT molecular complexity index is 542. The second-order valence-corrected chi connectivity index (χ2v) is 4.87. The van der Waals surface area contributed by atoms with E-state index < -0.39 is 0 Å². The molecule has 1 atom stereocenters. The van der Waals surface area contributed by atoms with Crippen LogP contribution in [0.3, 0.4) is 0 Å². The Hall–Kier alpha value is -1.79. The van der Waals surface area contributed by atoms with E-state index in [-0.39, 0.29) is 6.10 Å². The lowest BCUT2D eigenvalue weighted by Crippen LogP contribution is -2.38. The first kappa shape index (κ1) is 13.2. The van der Waals surface area contributed by atoms with Gasteiger partial charge in [-0.15, -0.1) is 0 Å². The zero-order chi connectivity index (χ0) is 13.8. The number of nitrogens with zero attached hydrogens (tertiary/aromatic N) is 5. The van der Waals surface area contributed by atoms with Crippen molar-refractivity contribution in [2.75, 3.05) is 19.7 Å². The van der Waals surface area contributed by atoms with Gasteiger partial charge in [-0.1, -0.05) is 6.07 Å². The molecule has 2 aromatic heterocycles. The molecule has 3 heterocycles. The molecule has 0 bridgehead atoms. The standard InChI is InChI=1S/C14H19N5O/c1-2-19-14(16-11-17-19)10-18-6-7-20-13(9-18)12-4-3-5-15-8-12/h3-5,8,11,13H,2,6-7,9-10H2,1H3/t13-/m0/s1. The molecule has 6 nitrogen and oxygen atoms in total. The molecule has 0 radical (unpaired) electrons. The first-order valence-electron chi connectivity index (χ1n) is 6.97. The van der Waals surface area contributed by atoms with Gasteiger partial charge in [-0.25, -0.2) is 9.67 Å². The monoisotopic (exact) mass is 273 g/mol. The van der Waals surface area contributed by atoms with E-state index in [1.54, 1.807) is 12.5 Å². The van der Waals surface area contributed by atoms with Crippen molar-refractivity contribution in [2.45, 2.75) is 26.1 Å². The fourth-order valence-electron chi connectivity index (χ4n) is 2.49. The van der Waals surface area contributed by atoms with Crippen LogP contribution in [-0.4, -0.2) is 44.3 Å². The summed E-state index contributed by atoms with van der Waals surface area (Å²) in [5.41, 5.74) is 1.13. The summed E-state index contributed by atoms with van der Waals surface area (Å²) < 4.78 is 7.78. The molecule has 1 saturated heterocycles. The van der Waals surface area contributed by atoms with E-state index in [1.165, 1.54) is 0 Å². The molecule has 0 unspecified atom stereocenters. The molecule has 1 aliphatic rings. The van der Waals surface area contributed by atoms with Gasteiger partial charge in [0.2, 0.25) is 0 Å². The number of hydrogen-bond donors (Lipinski definition) is 0. The van der Waals surface area contributed by atoms with Crippen molar-refractivity contribution in [1.29, 1.82) is 0 Å². The summed E-state index contributed by atoms with van der Waals surface area (Å²) in [6.07, 6.45) is 5.38. The maximum absolute atomic E-state index is 5.85. The van der Waals surface area contributed by atoms with Crippen molar-refractivity contribution in [3.63, 3.8) is 0 Å². The molecule has 20 heavy (non-hydrogen) atoms. The molecule has 1 fully saturated rings. The van der Waals surface area contributed by atoms with Gasteiger partial charge >= 0.3 is 0 Å². The van der Waals surface area contributed by atoms with E-state index in [4.69, 9.17) is 4.74 Å². The van der Waals surface area contributed by atoms with Crippen LogP contribution in [0.4, 0.5) is 0 Å². The van der Waals surface area contributed by atoms with Gasteiger partial charge in [-0.05, 0) is 13.0 Å². The average Bonchev–Trinajstić information content (AvgIpc) is 2.96. The van der Waals surface area contributed by atoms with E-state index >= 15 is 0 Å². The van der Waals surface area contributed by atoms with Crippen LogP contribution in [0.1, 0.15) is 24.4 Å².